The fourth-order valence-electron chi connectivity index (χ4n) is 1.65. The number of aryl methyl sites for hydroxylation is 1. The maximum absolute atomic E-state index is 12.0. The average molecular weight is 242 g/mol. The molecule has 2 rings (SSSR count). The van der Waals surface area contributed by atoms with Gasteiger partial charge in [0.2, 0.25) is 0 Å². The molecule has 0 aliphatic rings. The lowest BCUT2D eigenvalue weighted by Gasteiger charge is -2.12. The van der Waals surface area contributed by atoms with Crippen molar-refractivity contribution in [3.8, 4) is 0 Å². The SMILES string of the molecule is Cc1ccc(N)c(C)c1NC(=O)c1cnccn1. The monoisotopic (exact) mass is 242 g/mol. The van der Waals surface area contributed by atoms with E-state index in [1.165, 1.54) is 18.6 Å². The average Bonchev–Trinajstić information content (AvgIpc) is 2.40. The predicted octanol–water partition coefficient (Wildman–Crippen LogP) is 1.93. The molecule has 1 aromatic carbocycles. The number of anilines is 2. The highest BCUT2D eigenvalue weighted by Crippen LogP contribution is 2.25. The Morgan fingerprint density at radius 3 is 2.72 bits per heavy atom. The molecule has 5 heteroatoms. The number of aromatic nitrogens is 2. The molecule has 2 aromatic rings. The van der Waals surface area contributed by atoms with E-state index < -0.39 is 0 Å². The number of nitrogen functional groups attached to an aromatic ring is 1. The summed E-state index contributed by atoms with van der Waals surface area (Å²) in [6, 6.07) is 3.69. The summed E-state index contributed by atoms with van der Waals surface area (Å²) in [7, 11) is 0. The van der Waals surface area contributed by atoms with E-state index in [2.05, 4.69) is 15.3 Å². The van der Waals surface area contributed by atoms with Crippen molar-refractivity contribution in [2.75, 3.05) is 11.1 Å². The number of nitrogens with two attached hydrogens (primary N) is 1. The molecule has 92 valence electrons. The largest absolute Gasteiger partial charge is 0.398 e. The van der Waals surface area contributed by atoms with Gasteiger partial charge >= 0.3 is 0 Å². The van der Waals surface area contributed by atoms with Crippen molar-refractivity contribution in [2.24, 2.45) is 0 Å². The molecule has 1 amide bonds. The van der Waals surface area contributed by atoms with Gasteiger partial charge in [0.15, 0.2) is 0 Å². The van der Waals surface area contributed by atoms with E-state index in [-0.39, 0.29) is 11.6 Å². The minimum absolute atomic E-state index is 0.277. The van der Waals surface area contributed by atoms with Crippen LogP contribution >= 0.6 is 0 Å². The first-order valence-corrected chi connectivity index (χ1v) is 5.52. The summed E-state index contributed by atoms with van der Waals surface area (Å²) in [6.07, 6.45) is 4.42. The molecule has 0 saturated heterocycles. The number of carbonyl (C=O) groups excluding carboxylic acids is 1. The Kier molecular flexibility index (Phi) is 3.23. The first-order valence-electron chi connectivity index (χ1n) is 5.52. The van der Waals surface area contributed by atoms with E-state index in [0.717, 1.165) is 16.8 Å². The maximum atomic E-state index is 12.0. The molecule has 1 aromatic heterocycles. The third-order valence-electron chi connectivity index (χ3n) is 2.75. The van der Waals surface area contributed by atoms with E-state index in [1.807, 2.05) is 26.0 Å². The summed E-state index contributed by atoms with van der Waals surface area (Å²) in [5.41, 5.74) is 9.29. The molecule has 0 aliphatic carbocycles. The highest BCUT2D eigenvalue weighted by Gasteiger charge is 2.12. The summed E-state index contributed by atoms with van der Waals surface area (Å²) < 4.78 is 0. The topological polar surface area (TPSA) is 80.9 Å². The molecule has 0 fully saturated rings. The molecule has 18 heavy (non-hydrogen) atoms. The van der Waals surface area contributed by atoms with Crippen molar-refractivity contribution >= 4 is 17.3 Å². The van der Waals surface area contributed by atoms with Gasteiger partial charge in [-0.1, -0.05) is 6.07 Å². The van der Waals surface area contributed by atoms with Gasteiger partial charge in [0, 0.05) is 23.8 Å². The first kappa shape index (κ1) is 12.0. The van der Waals surface area contributed by atoms with Crippen LogP contribution in [0.1, 0.15) is 21.6 Å². The zero-order chi connectivity index (χ0) is 13.1. The Morgan fingerprint density at radius 1 is 1.28 bits per heavy atom. The third kappa shape index (κ3) is 2.29. The highest BCUT2D eigenvalue weighted by atomic mass is 16.1. The fourth-order valence-corrected chi connectivity index (χ4v) is 1.65. The Morgan fingerprint density at radius 2 is 2.06 bits per heavy atom. The Balaban J connectivity index is 2.30. The quantitative estimate of drug-likeness (QED) is 0.788. The summed E-state index contributed by atoms with van der Waals surface area (Å²) in [5.74, 6) is -0.292. The maximum Gasteiger partial charge on any atom is 0.275 e. The van der Waals surface area contributed by atoms with Crippen molar-refractivity contribution in [1.82, 2.24) is 9.97 Å². The van der Waals surface area contributed by atoms with E-state index >= 15 is 0 Å². The Bertz CT molecular complexity index is 581. The lowest BCUT2D eigenvalue weighted by atomic mass is 10.1. The zero-order valence-electron chi connectivity index (χ0n) is 10.3. The van der Waals surface area contributed by atoms with Crippen LogP contribution in [0.15, 0.2) is 30.7 Å². The Labute approximate surface area is 105 Å². The Hall–Kier alpha value is -2.43. The van der Waals surface area contributed by atoms with Crippen LogP contribution in [-0.4, -0.2) is 15.9 Å². The number of benzene rings is 1. The minimum atomic E-state index is -0.292. The normalized spacial score (nSPS) is 10.1. The predicted molar refractivity (Wildman–Crippen MR) is 70.3 cm³/mol. The van der Waals surface area contributed by atoms with Crippen LogP contribution < -0.4 is 11.1 Å². The van der Waals surface area contributed by atoms with Crippen LogP contribution in [-0.2, 0) is 0 Å². The van der Waals surface area contributed by atoms with E-state index in [4.69, 9.17) is 5.73 Å². The number of rotatable bonds is 2. The van der Waals surface area contributed by atoms with Crippen LogP contribution in [0, 0.1) is 13.8 Å². The molecule has 0 saturated carbocycles. The summed E-state index contributed by atoms with van der Waals surface area (Å²) in [4.78, 5) is 19.8. The van der Waals surface area contributed by atoms with Crippen LogP contribution in [0.3, 0.4) is 0 Å². The number of amides is 1. The van der Waals surface area contributed by atoms with Gasteiger partial charge in [0.1, 0.15) is 5.69 Å². The van der Waals surface area contributed by atoms with Crippen LogP contribution in [0.4, 0.5) is 11.4 Å². The molecule has 0 radical (unpaired) electrons. The second-order valence-electron chi connectivity index (χ2n) is 4.02. The summed E-state index contributed by atoms with van der Waals surface area (Å²) in [5, 5.41) is 2.81. The molecule has 0 spiro atoms. The summed E-state index contributed by atoms with van der Waals surface area (Å²) in [6.45, 7) is 3.79. The molecule has 1 heterocycles. The number of carbonyl (C=O) groups is 1. The second kappa shape index (κ2) is 4.83. The molecule has 0 atom stereocenters. The summed E-state index contributed by atoms with van der Waals surface area (Å²) >= 11 is 0. The fraction of sp³-hybridized carbons (Fsp3) is 0.154. The van der Waals surface area contributed by atoms with Crippen LogP contribution in [0.25, 0.3) is 0 Å². The molecule has 0 unspecified atom stereocenters. The van der Waals surface area contributed by atoms with E-state index in [0.29, 0.717) is 5.69 Å². The van der Waals surface area contributed by atoms with E-state index in [9.17, 15) is 4.79 Å². The van der Waals surface area contributed by atoms with Gasteiger partial charge in [0.05, 0.1) is 6.20 Å². The van der Waals surface area contributed by atoms with Gasteiger partial charge < -0.3 is 11.1 Å². The number of nitrogens with zero attached hydrogens (tertiary/aromatic N) is 2. The molecule has 0 bridgehead atoms. The number of hydrogen-bond acceptors (Lipinski definition) is 4. The van der Waals surface area contributed by atoms with E-state index in [1.54, 1.807) is 0 Å². The zero-order valence-corrected chi connectivity index (χ0v) is 10.3. The molecule has 0 aliphatic heterocycles. The van der Waals surface area contributed by atoms with Gasteiger partial charge in [-0.3, -0.25) is 9.78 Å². The smallest absolute Gasteiger partial charge is 0.275 e. The van der Waals surface area contributed by atoms with Gasteiger partial charge in [0.25, 0.3) is 5.91 Å². The van der Waals surface area contributed by atoms with Crippen molar-refractivity contribution in [1.29, 1.82) is 0 Å². The second-order valence-corrected chi connectivity index (χ2v) is 4.02. The molecular formula is C13H14N4O. The van der Waals surface area contributed by atoms with Gasteiger partial charge in [-0.2, -0.15) is 0 Å². The molecular weight excluding hydrogens is 228 g/mol. The van der Waals surface area contributed by atoms with Crippen molar-refractivity contribution in [2.45, 2.75) is 13.8 Å². The number of hydrogen-bond donors (Lipinski definition) is 2. The van der Waals surface area contributed by atoms with Crippen LogP contribution in [0.5, 0.6) is 0 Å². The van der Waals surface area contributed by atoms with Crippen LogP contribution in [0.2, 0.25) is 0 Å². The highest BCUT2D eigenvalue weighted by molar-refractivity contribution is 6.03. The molecule has 5 nitrogen and oxygen atoms in total. The third-order valence-corrected chi connectivity index (χ3v) is 2.75. The van der Waals surface area contributed by atoms with Gasteiger partial charge in [-0.25, -0.2) is 4.98 Å². The van der Waals surface area contributed by atoms with Crippen molar-refractivity contribution in [3.05, 3.63) is 47.5 Å². The first-order chi connectivity index (χ1) is 8.59. The van der Waals surface area contributed by atoms with Crippen molar-refractivity contribution in [3.63, 3.8) is 0 Å². The lowest BCUT2D eigenvalue weighted by Crippen LogP contribution is -2.15. The van der Waals surface area contributed by atoms with Gasteiger partial charge in [-0.15, -0.1) is 0 Å². The molecule has 3 N–H and O–H groups in total. The minimum Gasteiger partial charge on any atom is -0.398 e. The van der Waals surface area contributed by atoms with Gasteiger partial charge in [-0.05, 0) is 31.0 Å². The standard InChI is InChI=1S/C13H14N4O/c1-8-3-4-10(14)9(2)12(8)17-13(18)11-7-15-5-6-16-11/h3-7H,14H2,1-2H3,(H,17,18). The lowest BCUT2D eigenvalue weighted by molar-refractivity contribution is 0.102. The number of nitrogens with one attached hydrogen (secondary N) is 1. The van der Waals surface area contributed by atoms with Crippen molar-refractivity contribution < 1.29 is 4.79 Å².